The molecule has 0 saturated heterocycles. The Hall–Kier alpha value is -1.000. The number of nitrogens with zero attached hydrogens (tertiary/aromatic N) is 2. The first kappa shape index (κ1) is 13.4. The molecule has 18 heavy (non-hydrogen) atoms. The van der Waals surface area contributed by atoms with Crippen LogP contribution in [0.25, 0.3) is 0 Å². The molecule has 0 aromatic carbocycles. The lowest BCUT2D eigenvalue weighted by atomic mass is 10.4. The molecule has 0 atom stereocenters. The van der Waals surface area contributed by atoms with E-state index in [9.17, 15) is 4.79 Å². The fraction of sp³-hybridized carbons (Fsp3) is 0.500. The van der Waals surface area contributed by atoms with E-state index in [0.717, 1.165) is 12.8 Å². The van der Waals surface area contributed by atoms with E-state index in [1.807, 2.05) is 4.90 Å². The molecule has 0 aliphatic heterocycles. The van der Waals surface area contributed by atoms with Gasteiger partial charge in [-0.1, -0.05) is 23.2 Å². The molecule has 0 radical (unpaired) electrons. The van der Waals surface area contributed by atoms with Crippen molar-refractivity contribution in [1.82, 2.24) is 4.98 Å². The molecule has 2 rings (SSSR count). The van der Waals surface area contributed by atoms with Crippen LogP contribution in [0.5, 0.6) is 0 Å². The molecule has 1 saturated carbocycles. The minimum Gasteiger partial charge on any atom is -0.465 e. The monoisotopic (exact) mass is 288 g/mol. The highest BCUT2D eigenvalue weighted by atomic mass is 35.5. The summed E-state index contributed by atoms with van der Waals surface area (Å²) >= 11 is 11.9. The summed E-state index contributed by atoms with van der Waals surface area (Å²) < 4.78 is 4.96. The van der Waals surface area contributed by atoms with Gasteiger partial charge in [0.15, 0.2) is 0 Å². The first-order valence-electron chi connectivity index (χ1n) is 5.85. The van der Waals surface area contributed by atoms with Gasteiger partial charge in [-0.05, 0) is 25.8 Å². The van der Waals surface area contributed by atoms with Gasteiger partial charge in [0.1, 0.15) is 12.4 Å². The Balaban J connectivity index is 2.16. The lowest BCUT2D eigenvalue weighted by molar-refractivity contribution is -0.141. The number of hydrogen-bond donors (Lipinski definition) is 0. The fourth-order valence-corrected chi connectivity index (χ4v) is 2.22. The molecule has 0 bridgehead atoms. The largest absolute Gasteiger partial charge is 0.465 e. The van der Waals surface area contributed by atoms with Crippen molar-refractivity contribution in [2.75, 3.05) is 18.1 Å². The normalized spacial score (nSPS) is 14.4. The number of anilines is 1. The van der Waals surface area contributed by atoms with Crippen molar-refractivity contribution < 1.29 is 9.53 Å². The minimum atomic E-state index is -0.266. The molecular weight excluding hydrogens is 275 g/mol. The average molecular weight is 289 g/mol. The van der Waals surface area contributed by atoms with E-state index in [4.69, 9.17) is 27.9 Å². The number of pyridine rings is 1. The molecule has 0 unspecified atom stereocenters. The number of hydrogen-bond acceptors (Lipinski definition) is 4. The summed E-state index contributed by atoms with van der Waals surface area (Å²) in [6, 6.07) is 1.95. The summed E-state index contributed by atoms with van der Waals surface area (Å²) in [6.45, 7) is 2.33. The van der Waals surface area contributed by atoms with Crippen molar-refractivity contribution in [2.45, 2.75) is 25.8 Å². The van der Waals surface area contributed by atoms with Crippen LogP contribution < -0.4 is 4.90 Å². The molecule has 98 valence electrons. The SMILES string of the molecule is CCOC(=O)CN(c1ncc(Cl)cc1Cl)C1CC1. The molecule has 1 heterocycles. The first-order chi connectivity index (χ1) is 8.61. The zero-order chi connectivity index (χ0) is 13.1. The fourth-order valence-electron chi connectivity index (χ4n) is 1.73. The zero-order valence-corrected chi connectivity index (χ0v) is 11.5. The van der Waals surface area contributed by atoms with Crippen LogP contribution in [0.3, 0.4) is 0 Å². The molecule has 6 heteroatoms. The van der Waals surface area contributed by atoms with Gasteiger partial charge in [-0.25, -0.2) is 4.98 Å². The number of carbonyl (C=O) groups is 1. The predicted molar refractivity (Wildman–Crippen MR) is 71.3 cm³/mol. The third kappa shape index (κ3) is 3.27. The Morgan fingerprint density at radius 3 is 2.83 bits per heavy atom. The van der Waals surface area contributed by atoms with E-state index in [1.165, 1.54) is 6.20 Å². The van der Waals surface area contributed by atoms with Crippen LogP contribution in [0.1, 0.15) is 19.8 Å². The van der Waals surface area contributed by atoms with E-state index in [2.05, 4.69) is 4.98 Å². The standard InChI is InChI=1S/C12H14Cl2N2O2/c1-2-18-11(17)7-16(9-3-4-9)12-10(14)5-8(13)6-15-12/h5-6,9H,2-4,7H2,1H3. The Labute approximate surface area is 116 Å². The molecule has 4 nitrogen and oxygen atoms in total. The van der Waals surface area contributed by atoms with E-state index >= 15 is 0 Å². The van der Waals surface area contributed by atoms with Crippen LogP contribution >= 0.6 is 23.2 Å². The first-order valence-corrected chi connectivity index (χ1v) is 6.60. The van der Waals surface area contributed by atoms with E-state index < -0.39 is 0 Å². The van der Waals surface area contributed by atoms with Crippen LogP contribution in [0.15, 0.2) is 12.3 Å². The van der Waals surface area contributed by atoms with Crippen molar-refractivity contribution in [2.24, 2.45) is 0 Å². The van der Waals surface area contributed by atoms with Gasteiger partial charge in [-0.3, -0.25) is 4.79 Å². The van der Waals surface area contributed by atoms with Crippen molar-refractivity contribution in [3.8, 4) is 0 Å². The smallest absolute Gasteiger partial charge is 0.325 e. The molecule has 1 fully saturated rings. The van der Waals surface area contributed by atoms with Crippen LogP contribution in [0.2, 0.25) is 10.0 Å². The maximum Gasteiger partial charge on any atom is 0.325 e. The Bertz CT molecular complexity index is 450. The number of carbonyl (C=O) groups excluding carboxylic acids is 1. The summed E-state index contributed by atoms with van der Waals surface area (Å²) in [5.41, 5.74) is 0. The minimum absolute atomic E-state index is 0.173. The Kier molecular flexibility index (Phi) is 4.30. The number of rotatable bonds is 5. The lowest BCUT2D eigenvalue weighted by Crippen LogP contribution is -2.33. The third-order valence-corrected chi connectivity index (χ3v) is 3.14. The quantitative estimate of drug-likeness (QED) is 0.782. The molecule has 1 aliphatic rings. The van der Waals surface area contributed by atoms with Gasteiger partial charge in [0, 0.05) is 12.2 Å². The number of aromatic nitrogens is 1. The van der Waals surface area contributed by atoms with Gasteiger partial charge < -0.3 is 9.64 Å². The summed E-state index contributed by atoms with van der Waals surface area (Å²) in [6.07, 6.45) is 3.61. The Morgan fingerprint density at radius 1 is 1.56 bits per heavy atom. The Morgan fingerprint density at radius 2 is 2.28 bits per heavy atom. The van der Waals surface area contributed by atoms with Crippen molar-refractivity contribution in [3.63, 3.8) is 0 Å². The second-order valence-corrected chi connectivity index (χ2v) is 4.97. The van der Waals surface area contributed by atoms with Gasteiger partial charge in [-0.2, -0.15) is 0 Å². The van der Waals surface area contributed by atoms with Crippen LogP contribution in [-0.2, 0) is 9.53 Å². The summed E-state index contributed by atoms with van der Waals surface area (Å²) in [7, 11) is 0. The number of halogens is 2. The summed E-state index contributed by atoms with van der Waals surface area (Å²) in [5, 5.41) is 0.939. The average Bonchev–Trinajstić information content (AvgIpc) is 3.11. The van der Waals surface area contributed by atoms with Gasteiger partial charge in [0.05, 0.1) is 16.7 Å². The van der Waals surface area contributed by atoms with Gasteiger partial charge in [-0.15, -0.1) is 0 Å². The number of esters is 1. The van der Waals surface area contributed by atoms with Crippen LogP contribution in [0, 0.1) is 0 Å². The molecule has 0 N–H and O–H groups in total. The lowest BCUT2D eigenvalue weighted by Gasteiger charge is -2.23. The molecule has 0 amide bonds. The van der Waals surface area contributed by atoms with Crippen LogP contribution in [0.4, 0.5) is 5.82 Å². The van der Waals surface area contributed by atoms with Crippen molar-refractivity contribution >= 4 is 35.0 Å². The highest BCUT2D eigenvalue weighted by molar-refractivity contribution is 6.36. The topological polar surface area (TPSA) is 42.4 Å². The van der Waals surface area contributed by atoms with Gasteiger partial charge >= 0.3 is 5.97 Å². The molecule has 1 aliphatic carbocycles. The second-order valence-electron chi connectivity index (χ2n) is 4.12. The molecule has 0 spiro atoms. The van der Waals surface area contributed by atoms with Crippen molar-refractivity contribution in [3.05, 3.63) is 22.3 Å². The molecule has 1 aromatic heterocycles. The maximum atomic E-state index is 11.6. The molecular formula is C12H14Cl2N2O2. The predicted octanol–water partition coefficient (Wildman–Crippen LogP) is 2.92. The highest BCUT2D eigenvalue weighted by Gasteiger charge is 2.32. The van der Waals surface area contributed by atoms with Crippen LogP contribution in [-0.4, -0.2) is 30.1 Å². The third-order valence-electron chi connectivity index (χ3n) is 2.65. The maximum absolute atomic E-state index is 11.6. The van der Waals surface area contributed by atoms with Gasteiger partial charge in [0.2, 0.25) is 0 Å². The highest BCUT2D eigenvalue weighted by Crippen LogP contribution is 2.34. The number of ether oxygens (including phenoxy) is 1. The second kappa shape index (κ2) is 5.76. The van der Waals surface area contributed by atoms with E-state index in [1.54, 1.807) is 13.0 Å². The summed E-state index contributed by atoms with van der Waals surface area (Å²) in [4.78, 5) is 17.7. The van der Waals surface area contributed by atoms with Crippen molar-refractivity contribution in [1.29, 1.82) is 0 Å². The van der Waals surface area contributed by atoms with E-state index in [0.29, 0.717) is 28.5 Å². The zero-order valence-electron chi connectivity index (χ0n) is 10.0. The summed E-state index contributed by atoms with van der Waals surface area (Å²) in [5.74, 6) is 0.328. The molecule has 1 aromatic rings. The van der Waals surface area contributed by atoms with Gasteiger partial charge in [0.25, 0.3) is 0 Å². The van der Waals surface area contributed by atoms with E-state index in [-0.39, 0.29) is 12.5 Å².